The molecule has 0 saturated heterocycles. The van der Waals surface area contributed by atoms with Crippen molar-refractivity contribution in [3.05, 3.63) is 23.7 Å². The molecule has 2 N–H and O–H groups in total. The summed E-state index contributed by atoms with van der Waals surface area (Å²) in [5, 5.41) is 11.4. The van der Waals surface area contributed by atoms with Crippen molar-refractivity contribution >= 4 is 0 Å². The van der Waals surface area contributed by atoms with Gasteiger partial charge in [0.2, 0.25) is 0 Å². The van der Waals surface area contributed by atoms with Crippen LogP contribution >= 0.6 is 0 Å². The zero-order chi connectivity index (χ0) is 10.6. The van der Waals surface area contributed by atoms with Crippen LogP contribution in [0, 0.1) is 6.92 Å². The van der Waals surface area contributed by atoms with Crippen LogP contribution < -0.4 is 5.32 Å². The van der Waals surface area contributed by atoms with Gasteiger partial charge < -0.3 is 14.8 Å². The van der Waals surface area contributed by atoms with Gasteiger partial charge in [-0.3, -0.25) is 0 Å². The van der Waals surface area contributed by atoms with Gasteiger partial charge in [0.1, 0.15) is 17.6 Å². The zero-order valence-electron chi connectivity index (χ0n) is 7.84. The summed E-state index contributed by atoms with van der Waals surface area (Å²) in [6, 6.07) is 3.55. The highest BCUT2D eigenvalue weighted by Gasteiger charge is 2.15. The Labute approximate surface area is 80.7 Å². The maximum Gasteiger partial charge on any atom is 0.265 e. The van der Waals surface area contributed by atoms with Crippen LogP contribution in [0.3, 0.4) is 0 Å². The molecular weight excluding hydrogens is 192 g/mol. The minimum Gasteiger partial charge on any atom is -0.465 e. The number of alkyl halides is 2. The maximum absolute atomic E-state index is 11.8. The smallest absolute Gasteiger partial charge is 0.265 e. The zero-order valence-corrected chi connectivity index (χ0v) is 7.84. The first kappa shape index (κ1) is 11.1. The fourth-order valence-electron chi connectivity index (χ4n) is 1.01. The lowest BCUT2D eigenvalue weighted by molar-refractivity contribution is -0.00360. The van der Waals surface area contributed by atoms with Gasteiger partial charge in [0.05, 0.1) is 6.54 Å². The van der Waals surface area contributed by atoms with E-state index in [9.17, 15) is 8.78 Å². The first-order chi connectivity index (χ1) is 6.59. The van der Waals surface area contributed by atoms with E-state index in [2.05, 4.69) is 5.32 Å². The molecule has 0 aliphatic heterocycles. The van der Waals surface area contributed by atoms with Crippen molar-refractivity contribution in [1.29, 1.82) is 0 Å². The third-order valence-corrected chi connectivity index (χ3v) is 1.74. The van der Waals surface area contributed by atoms with Crippen LogP contribution in [-0.4, -0.2) is 24.2 Å². The number of rotatable bonds is 5. The highest BCUT2D eigenvalue weighted by Crippen LogP contribution is 2.05. The molecule has 1 unspecified atom stereocenters. The van der Waals surface area contributed by atoms with Crippen LogP contribution in [0.25, 0.3) is 0 Å². The number of nitrogens with one attached hydrogen (secondary N) is 1. The second-order valence-electron chi connectivity index (χ2n) is 3.05. The number of halogens is 2. The Bertz CT molecular complexity index is 276. The van der Waals surface area contributed by atoms with Crippen LogP contribution in [0.2, 0.25) is 0 Å². The van der Waals surface area contributed by atoms with Crippen LogP contribution in [0.4, 0.5) is 8.78 Å². The van der Waals surface area contributed by atoms with Gasteiger partial charge in [-0.1, -0.05) is 0 Å². The van der Waals surface area contributed by atoms with Gasteiger partial charge in [0, 0.05) is 6.54 Å². The average molecular weight is 205 g/mol. The van der Waals surface area contributed by atoms with E-state index in [0.717, 1.165) is 5.76 Å². The van der Waals surface area contributed by atoms with Gasteiger partial charge in [0.15, 0.2) is 0 Å². The predicted octanol–water partition coefficient (Wildman–Crippen LogP) is 1.30. The van der Waals surface area contributed by atoms with E-state index in [1.807, 2.05) is 0 Å². The van der Waals surface area contributed by atoms with Crippen LogP contribution in [0.15, 0.2) is 16.5 Å². The van der Waals surface area contributed by atoms with Crippen molar-refractivity contribution in [3.63, 3.8) is 0 Å². The second-order valence-corrected chi connectivity index (χ2v) is 3.05. The van der Waals surface area contributed by atoms with Crippen molar-refractivity contribution in [1.82, 2.24) is 5.32 Å². The van der Waals surface area contributed by atoms with E-state index < -0.39 is 12.5 Å². The Morgan fingerprint density at radius 2 is 2.21 bits per heavy atom. The Morgan fingerprint density at radius 3 is 2.71 bits per heavy atom. The number of hydrogen-bond acceptors (Lipinski definition) is 3. The molecule has 0 amide bonds. The molecule has 0 aromatic carbocycles. The van der Waals surface area contributed by atoms with E-state index in [1.54, 1.807) is 19.1 Å². The fraction of sp³-hybridized carbons (Fsp3) is 0.556. The quantitative estimate of drug-likeness (QED) is 0.761. The summed E-state index contributed by atoms with van der Waals surface area (Å²) in [7, 11) is 0. The second kappa shape index (κ2) is 5.07. The van der Waals surface area contributed by atoms with E-state index in [-0.39, 0.29) is 6.54 Å². The molecule has 5 heteroatoms. The largest absolute Gasteiger partial charge is 0.465 e. The number of aryl methyl sites for hydroxylation is 1. The molecule has 0 saturated carbocycles. The normalized spacial score (nSPS) is 13.5. The van der Waals surface area contributed by atoms with Crippen molar-refractivity contribution in [2.45, 2.75) is 26.0 Å². The number of aliphatic hydroxyl groups excluding tert-OH is 1. The molecular formula is C9H13F2NO2. The number of furan rings is 1. The van der Waals surface area contributed by atoms with E-state index in [1.165, 1.54) is 0 Å². The van der Waals surface area contributed by atoms with Crippen LogP contribution in [0.1, 0.15) is 11.5 Å². The van der Waals surface area contributed by atoms with Crippen molar-refractivity contribution < 1.29 is 18.3 Å². The molecule has 0 fully saturated rings. The summed E-state index contributed by atoms with van der Waals surface area (Å²) in [4.78, 5) is 0. The molecule has 0 spiro atoms. The Hall–Kier alpha value is -0.940. The molecule has 0 bridgehead atoms. The molecule has 1 aromatic rings. The lowest BCUT2D eigenvalue weighted by atomic mass is 10.3. The number of hydrogen-bond donors (Lipinski definition) is 2. The SMILES string of the molecule is Cc1ccc(CNCC(O)C(F)F)o1. The van der Waals surface area contributed by atoms with E-state index in [0.29, 0.717) is 12.3 Å². The molecule has 1 heterocycles. The Balaban J connectivity index is 2.22. The van der Waals surface area contributed by atoms with E-state index in [4.69, 9.17) is 9.52 Å². The molecule has 1 rings (SSSR count). The van der Waals surface area contributed by atoms with Gasteiger partial charge in [-0.2, -0.15) is 0 Å². The van der Waals surface area contributed by atoms with Gasteiger partial charge in [-0.25, -0.2) is 8.78 Å². The minimum atomic E-state index is -2.71. The molecule has 14 heavy (non-hydrogen) atoms. The standard InChI is InChI=1S/C9H13F2NO2/c1-6-2-3-7(14-6)4-12-5-8(13)9(10)11/h2-3,8-9,12-13H,4-5H2,1H3. The first-order valence-electron chi connectivity index (χ1n) is 4.32. The third kappa shape index (κ3) is 3.43. The average Bonchev–Trinajstić information content (AvgIpc) is 2.51. The lowest BCUT2D eigenvalue weighted by Gasteiger charge is -2.09. The Morgan fingerprint density at radius 1 is 1.50 bits per heavy atom. The minimum absolute atomic E-state index is 0.141. The van der Waals surface area contributed by atoms with Crippen molar-refractivity contribution in [2.24, 2.45) is 0 Å². The highest BCUT2D eigenvalue weighted by atomic mass is 19.3. The summed E-state index contributed by atoms with van der Waals surface area (Å²) < 4.78 is 28.9. The van der Waals surface area contributed by atoms with Gasteiger partial charge in [-0.05, 0) is 19.1 Å². The summed E-state index contributed by atoms with van der Waals surface area (Å²) in [6.07, 6.45) is -4.33. The van der Waals surface area contributed by atoms with Gasteiger partial charge in [0.25, 0.3) is 6.43 Å². The Kier molecular flexibility index (Phi) is 4.03. The fourth-order valence-corrected chi connectivity index (χ4v) is 1.01. The van der Waals surface area contributed by atoms with Crippen molar-refractivity contribution in [3.8, 4) is 0 Å². The lowest BCUT2D eigenvalue weighted by Crippen LogP contribution is -2.31. The topological polar surface area (TPSA) is 45.4 Å². The molecule has 0 aliphatic rings. The summed E-state index contributed by atoms with van der Waals surface area (Å²) >= 11 is 0. The molecule has 3 nitrogen and oxygen atoms in total. The van der Waals surface area contributed by atoms with Crippen LogP contribution in [0.5, 0.6) is 0 Å². The third-order valence-electron chi connectivity index (χ3n) is 1.74. The monoisotopic (exact) mass is 205 g/mol. The number of aliphatic hydroxyl groups is 1. The van der Waals surface area contributed by atoms with Gasteiger partial charge in [-0.15, -0.1) is 0 Å². The molecule has 0 radical (unpaired) electrons. The van der Waals surface area contributed by atoms with Crippen LogP contribution in [-0.2, 0) is 6.54 Å². The summed E-state index contributed by atoms with van der Waals surface area (Å²) in [5.74, 6) is 1.44. The summed E-state index contributed by atoms with van der Waals surface area (Å²) in [6.45, 7) is 2.01. The predicted molar refractivity (Wildman–Crippen MR) is 47.2 cm³/mol. The maximum atomic E-state index is 11.8. The molecule has 0 aliphatic carbocycles. The first-order valence-corrected chi connectivity index (χ1v) is 4.32. The molecule has 1 atom stereocenters. The highest BCUT2D eigenvalue weighted by molar-refractivity contribution is 5.05. The van der Waals surface area contributed by atoms with Crippen molar-refractivity contribution in [2.75, 3.05) is 6.54 Å². The summed E-state index contributed by atoms with van der Waals surface area (Å²) in [5.41, 5.74) is 0. The molecule has 80 valence electrons. The molecule has 1 aromatic heterocycles. The van der Waals surface area contributed by atoms with E-state index >= 15 is 0 Å². The van der Waals surface area contributed by atoms with Gasteiger partial charge >= 0.3 is 0 Å².